The van der Waals surface area contributed by atoms with Gasteiger partial charge in [-0.05, 0) is 120 Å². The second-order valence-electron chi connectivity index (χ2n) is 19.1. The van der Waals surface area contributed by atoms with E-state index in [9.17, 15) is 24.0 Å². The first-order valence-corrected chi connectivity index (χ1v) is 25.9. The Balaban J connectivity index is 0.935. The molecule has 5 heterocycles. The summed E-state index contributed by atoms with van der Waals surface area (Å²) in [4.78, 5) is 76.4. The van der Waals surface area contributed by atoms with E-state index in [1.807, 2.05) is 57.2 Å². The van der Waals surface area contributed by atoms with Crippen LogP contribution in [0.3, 0.4) is 0 Å². The highest BCUT2D eigenvalue weighted by molar-refractivity contribution is 6.76. The van der Waals surface area contributed by atoms with Crippen molar-refractivity contribution in [2.45, 2.75) is 122 Å². The number of ether oxygens (including phenoxy) is 2. The molecule has 13 nitrogen and oxygen atoms in total. The van der Waals surface area contributed by atoms with E-state index in [-0.39, 0.29) is 55.8 Å². The topological polar surface area (TPSA) is 143 Å². The quantitative estimate of drug-likeness (QED) is 0.0607. The monoisotopic (exact) mass is 872 g/mol. The summed E-state index contributed by atoms with van der Waals surface area (Å²) in [5.74, 6) is 5.72. The molecule has 1 unspecified atom stereocenters. The SMILES string of the molecule is CN1CCC[C@@H]1c1cc2cnc(NC(=O)c3cccc(CCCCC#Cc4cccc5c4CN(C4CCC(=O)N(COCC[Si](C)(C)C)C4=O)C5=O)c3)cc2n1C(=O)OC(C)(C)C. The minimum atomic E-state index is -1.33. The molecule has 4 amide bonds. The fourth-order valence-electron chi connectivity index (χ4n) is 8.49. The highest BCUT2D eigenvalue weighted by Gasteiger charge is 2.43. The average Bonchev–Trinajstić information content (AvgIpc) is 3.92. The van der Waals surface area contributed by atoms with Crippen LogP contribution in [0, 0.1) is 11.8 Å². The van der Waals surface area contributed by atoms with Gasteiger partial charge in [-0.25, -0.2) is 14.3 Å². The van der Waals surface area contributed by atoms with Gasteiger partial charge in [0.1, 0.15) is 24.2 Å². The third-order valence-corrected chi connectivity index (χ3v) is 13.6. The first-order chi connectivity index (χ1) is 30.0. The van der Waals surface area contributed by atoms with Crippen molar-refractivity contribution in [2.75, 3.05) is 32.2 Å². The molecule has 63 heavy (non-hydrogen) atoms. The Bertz CT molecular complexity index is 2470. The molecule has 3 aliphatic heterocycles. The summed E-state index contributed by atoms with van der Waals surface area (Å²) >= 11 is 0. The Kier molecular flexibility index (Phi) is 13.7. The summed E-state index contributed by atoms with van der Waals surface area (Å²) in [5, 5.41) is 3.73. The number of piperidine rings is 1. The Morgan fingerprint density at radius 2 is 1.78 bits per heavy atom. The van der Waals surface area contributed by atoms with Crippen LogP contribution < -0.4 is 5.32 Å². The molecule has 2 aromatic carbocycles. The molecule has 0 spiro atoms. The lowest BCUT2D eigenvalue weighted by Crippen LogP contribution is -2.55. The van der Waals surface area contributed by atoms with Gasteiger partial charge in [0, 0.05) is 74.1 Å². The Hall–Kier alpha value is -5.62. The fraction of sp³-hybridized carbons (Fsp3) is 0.469. The molecule has 2 saturated heterocycles. The maximum atomic E-state index is 13.6. The minimum absolute atomic E-state index is 0.0688. The van der Waals surface area contributed by atoms with Gasteiger partial charge in [-0.1, -0.05) is 49.7 Å². The highest BCUT2D eigenvalue weighted by Crippen LogP contribution is 2.36. The van der Waals surface area contributed by atoms with Crippen molar-refractivity contribution in [1.82, 2.24) is 24.3 Å². The summed E-state index contributed by atoms with van der Waals surface area (Å²) in [6.07, 6.45) is 6.77. The number of carbonyl (C=O) groups excluding carboxylic acids is 5. The molecule has 0 saturated carbocycles. The molecule has 2 atom stereocenters. The van der Waals surface area contributed by atoms with Crippen LogP contribution >= 0.6 is 0 Å². The Morgan fingerprint density at radius 1 is 0.984 bits per heavy atom. The number of aromatic nitrogens is 2. The predicted octanol–water partition coefficient (Wildman–Crippen LogP) is 8.39. The van der Waals surface area contributed by atoms with E-state index in [1.54, 1.807) is 33.9 Å². The number of hydrogen-bond acceptors (Lipinski definition) is 9. The van der Waals surface area contributed by atoms with Crippen molar-refractivity contribution in [2.24, 2.45) is 0 Å². The molecule has 0 aliphatic carbocycles. The maximum absolute atomic E-state index is 13.6. The number of nitrogens with one attached hydrogen (secondary N) is 1. The van der Waals surface area contributed by atoms with Crippen molar-refractivity contribution in [1.29, 1.82) is 0 Å². The van der Waals surface area contributed by atoms with E-state index in [2.05, 4.69) is 53.7 Å². The van der Waals surface area contributed by atoms with Gasteiger partial charge in [-0.2, -0.15) is 0 Å². The highest BCUT2D eigenvalue weighted by atomic mass is 28.3. The van der Waals surface area contributed by atoms with Gasteiger partial charge in [0.05, 0.1) is 11.6 Å². The number of amides is 4. The van der Waals surface area contributed by atoms with Crippen molar-refractivity contribution in [3.05, 3.63) is 94.3 Å². The lowest BCUT2D eigenvalue weighted by atomic mass is 10.0. The van der Waals surface area contributed by atoms with Crippen molar-refractivity contribution >= 4 is 54.5 Å². The summed E-state index contributed by atoms with van der Waals surface area (Å²) in [5.41, 5.74) is 4.45. The van der Waals surface area contributed by atoms with Crippen molar-refractivity contribution < 1.29 is 33.4 Å². The molecule has 14 heteroatoms. The summed E-state index contributed by atoms with van der Waals surface area (Å²) in [6, 6.07) is 17.0. The second kappa shape index (κ2) is 19.0. The Morgan fingerprint density at radius 3 is 2.52 bits per heavy atom. The lowest BCUT2D eigenvalue weighted by molar-refractivity contribution is -0.158. The van der Waals surface area contributed by atoms with E-state index in [0.29, 0.717) is 35.5 Å². The number of rotatable bonds is 13. The summed E-state index contributed by atoms with van der Waals surface area (Å²) in [6.45, 7) is 13.9. The van der Waals surface area contributed by atoms with Crippen LogP contribution in [-0.4, -0.2) is 101 Å². The number of nitrogens with zero attached hydrogens (tertiary/aromatic N) is 5. The number of likely N-dealkylation sites (tertiary alicyclic amines) is 2. The van der Waals surface area contributed by atoms with Crippen LogP contribution in [0.5, 0.6) is 0 Å². The van der Waals surface area contributed by atoms with Crippen molar-refractivity contribution in [3.8, 4) is 11.8 Å². The van der Waals surface area contributed by atoms with Gasteiger partial charge in [-0.3, -0.25) is 29.0 Å². The summed E-state index contributed by atoms with van der Waals surface area (Å²) in [7, 11) is 0.734. The molecular formula is C49H60N6O7Si. The van der Waals surface area contributed by atoms with E-state index in [1.165, 1.54) is 4.90 Å². The summed E-state index contributed by atoms with van der Waals surface area (Å²) < 4.78 is 13.2. The largest absolute Gasteiger partial charge is 0.443 e. The van der Waals surface area contributed by atoms with Crippen LogP contribution in [0.15, 0.2) is 60.8 Å². The average molecular weight is 873 g/mol. The van der Waals surface area contributed by atoms with Crippen LogP contribution in [0.2, 0.25) is 25.7 Å². The van der Waals surface area contributed by atoms with Crippen molar-refractivity contribution in [3.63, 3.8) is 0 Å². The molecule has 4 aromatic rings. The zero-order valence-corrected chi connectivity index (χ0v) is 38.7. The molecule has 332 valence electrons. The molecular weight excluding hydrogens is 813 g/mol. The minimum Gasteiger partial charge on any atom is -0.443 e. The van der Waals surface area contributed by atoms with E-state index in [0.717, 1.165) is 72.5 Å². The number of benzene rings is 2. The van der Waals surface area contributed by atoms with Crippen LogP contribution in [0.25, 0.3) is 10.9 Å². The maximum Gasteiger partial charge on any atom is 0.419 e. The van der Waals surface area contributed by atoms with Gasteiger partial charge < -0.3 is 19.7 Å². The molecule has 0 bridgehead atoms. The number of carbonyl (C=O) groups is 5. The Labute approximate surface area is 371 Å². The van der Waals surface area contributed by atoms with E-state index in [4.69, 9.17) is 9.47 Å². The lowest BCUT2D eigenvalue weighted by Gasteiger charge is -2.35. The van der Waals surface area contributed by atoms with Gasteiger partial charge in [0.15, 0.2) is 0 Å². The molecule has 1 N–H and O–H groups in total. The normalized spacial score (nSPS) is 18.2. The molecule has 0 radical (unpaired) electrons. The second-order valence-corrected chi connectivity index (χ2v) is 24.8. The molecule has 2 fully saturated rings. The number of imide groups is 1. The zero-order valence-electron chi connectivity index (χ0n) is 37.7. The smallest absolute Gasteiger partial charge is 0.419 e. The third kappa shape index (κ3) is 10.8. The first-order valence-electron chi connectivity index (χ1n) is 22.2. The van der Waals surface area contributed by atoms with Gasteiger partial charge in [0.2, 0.25) is 5.91 Å². The molecule has 7 rings (SSSR count). The van der Waals surface area contributed by atoms with E-state index < -0.39 is 25.8 Å². The van der Waals surface area contributed by atoms with Crippen LogP contribution in [0.1, 0.15) is 115 Å². The number of pyridine rings is 1. The predicted molar refractivity (Wildman–Crippen MR) is 245 cm³/mol. The number of fused-ring (bicyclic) bond motifs is 2. The van der Waals surface area contributed by atoms with Crippen LogP contribution in [0.4, 0.5) is 10.6 Å². The number of anilines is 1. The van der Waals surface area contributed by atoms with E-state index >= 15 is 0 Å². The standard InChI is InChI=1S/C49H60N6O7Si/c1-49(2,3)62-48(60)55-41-29-43(50-30-36(41)28-42(55)39-21-14-24-52(39)4)51-45(57)35-19-12-16-33(27-35)15-10-8-9-11-17-34-18-13-20-37-38(34)31-53(46(37)58)40-22-23-44(56)54(47(40)59)32-61-25-26-63(5,6)7/h12-13,16,18-20,27-30,39-40H,8-10,14-15,21-26,31-32H2,1-7H3,(H,50,51,57)/t39-,40?/m1/s1. The third-order valence-electron chi connectivity index (χ3n) is 11.9. The van der Waals surface area contributed by atoms with Gasteiger partial charge in [-0.15, -0.1) is 0 Å². The molecule has 3 aliphatic rings. The number of aryl methyl sites for hydroxylation is 1. The number of unbranched alkanes of at least 4 members (excludes halogenated alkanes) is 2. The zero-order chi connectivity index (χ0) is 45.1. The first kappa shape index (κ1) is 45.4. The molecule has 2 aromatic heterocycles. The van der Waals surface area contributed by atoms with Gasteiger partial charge >= 0.3 is 6.09 Å². The fourth-order valence-corrected chi connectivity index (χ4v) is 9.25. The van der Waals surface area contributed by atoms with Crippen LogP contribution in [-0.2, 0) is 32.0 Å². The van der Waals surface area contributed by atoms with Gasteiger partial charge in [0.25, 0.3) is 17.7 Å². The number of hydrogen-bond donors (Lipinski definition) is 1.